The molecule has 0 aliphatic carbocycles. The largest absolute Gasteiger partial charge is 0.344 e. The summed E-state index contributed by atoms with van der Waals surface area (Å²) in [6.07, 6.45) is 2.56. The maximum atomic E-state index is 12.8. The molecule has 2 aromatic rings. The second-order valence-corrected chi connectivity index (χ2v) is 6.26. The zero-order valence-electron chi connectivity index (χ0n) is 12.5. The first-order chi connectivity index (χ1) is 11.0. The van der Waals surface area contributed by atoms with Crippen molar-refractivity contribution in [1.29, 1.82) is 0 Å². The fourth-order valence-corrected chi connectivity index (χ4v) is 2.68. The standard InChI is InChI=1S/C18H18Cl2F2O/c19-17(11-5-13-1-7-15(21)8-2-13)23-18(20)12-6-14-3-9-16(22)10-4-14/h1-4,7-10,17-18H,5-6,11-12H2. The molecule has 2 atom stereocenters. The summed E-state index contributed by atoms with van der Waals surface area (Å²) < 4.78 is 31.2. The summed E-state index contributed by atoms with van der Waals surface area (Å²) in [4.78, 5) is 0. The zero-order valence-corrected chi connectivity index (χ0v) is 14.0. The molecule has 5 heteroatoms. The van der Waals surface area contributed by atoms with Crippen molar-refractivity contribution in [2.24, 2.45) is 0 Å². The molecule has 0 aliphatic rings. The van der Waals surface area contributed by atoms with E-state index in [2.05, 4.69) is 0 Å². The number of rotatable bonds is 8. The van der Waals surface area contributed by atoms with Crippen molar-refractivity contribution in [3.63, 3.8) is 0 Å². The fourth-order valence-electron chi connectivity index (χ4n) is 2.16. The Kier molecular flexibility index (Phi) is 7.28. The van der Waals surface area contributed by atoms with Gasteiger partial charge in [-0.3, -0.25) is 0 Å². The maximum absolute atomic E-state index is 12.8. The van der Waals surface area contributed by atoms with E-state index < -0.39 is 11.1 Å². The minimum absolute atomic E-state index is 0.256. The highest BCUT2D eigenvalue weighted by Crippen LogP contribution is 2.18. The second kappa shape index (κ2) is 9.21. The number of benzene rings is 2. The van der Waals surface area contributed by atoms with Crippen LogP contribution in [0.15, 0.2) is 48.5 Å². The topological polar surface area (TPSA) is 9.23 Å². The van der Waals surface area contributed by atoms with Crippen molar-refractivity contribution in [2.75, 3.05) is 0 Å². The van der Waals surface area contributed by atoms with Crippen LogP contribution in [0.3, 0.4) is 0 Å². The zero-order chi connectivity index (χ0) is 16.7. The van der Waals surface area contributed by atoms with E-state index in [0.717, 1.165) is 11.1 Å². The lowest BCUT2D eigenvalue weighted by molar-refractivity contribution is 0.0726. The van der Waals surface area contributed by atoms with Gasteiger partial charge in [-0.25, -0.2) is 8.78 Å². The monoisotopic (exact) mass is 358 g/mol. The summed E-state index contributed by atoms with van der Waals surface area (Å²) in [5.74, 6) is -0.511. The van der Waals surface area contributed by atoms with Crippen LogP contribution in [0.5, 0.6) is 0 Å². The molecule has 0 amide bonds. The summed E-state index contributed by atoms with van der Waals surface area (Å²) in [5, 5.41) is 0. The third kappa shape index (κ3) is 6.86. The van der Waals surface area contributed by atoms with E-state index in [0.29, 0.717) is 25.7 Å². The van der Waals surface area contributed by atoms with Gasteiger partial charge in [0.05, 0.1) is 0 Å². The smallest absolute Gasteiger partial charge is 0.133 e. The fraction of sp³-hybridized carbons (Fsp3) is 0.333. The lowest BCUT2D eigenvalue weighted by Gasteiger charge is -2.16. The van der Waals surface area contributed by atoms with E-state index in [1.54, 1.807) is 24.3 Å². The van der Waals surface area contributed by atoms with Crippen LogP contribution in [-0.2, 0) is 17.6 Å². The van der Waals surface area contributed by atoms with Crippen LogP contribution in [0.2, 0.25) is 0 Å². The van der Waals surface area contributed by atoms with Gasteiger partial charge in [-0.2, -0.15) is 0 Å². The molecule has 0 saturated carbocycles. The Hall–Kier alpha value is -1.16. The van der Waals surface area contributed by atoms with Crippen molar-refractivity contribution in [3.05, 3.63) is 71.3 Å². The molecular weight excluding hydrogens is 341 g/mol. The molecule has 0 saturated heterocycles. The molecule has 0 spiro atoms. The Morgan fingerprint density at radius 2 is 1.04 bits per heavy atom. The summed E-state index contributed by atoms with van der Waals surface area (Å²) >= 11 is 12.3. The number of hydrogen-bond donors (Lipinski definition) is 0. The van der Waals surface area contributed by atoms with Gasteiger partial charge in [-0.1, -0.05) is 47.5 Å². The molecule has 2 unspecified atom stereocenters. The molecule has 0 radical (unpaired) electrons. The molecule has 0 aromatic heterocycles. The minimum Gasteiger partial charge on any atom is -0.344 e. The highest BCUT2D eigenvalue weighted by Gasteiger charge is 2.12. The van der Waals surface area contributed by atoms with Crippen LogP contribution in [0.25, 0.3) is 0 Å². The van der Waals surface area contributed by atoms with Crippen molar-refractivity contribution in [3.8, 4) is 0 Å². The van der Waals surface area contributed by atoms with Gasteiger partial charge in [0, 0.05) is 0 Å². The van der Waals surface area contributed by atoms with Crippen LogP contribution in [0.1, 0.15) is 24.0 Å². The minimum atomic E-state index is -0.504. The molecular formula is C18H18Cl2F2O. The lowest BCUT2D eigenvalue weighted by atomic mass is 10.1. The van der Waals surface area contributed by atoms with Crippen LogP contribution in [-0.4, -0.2) is 11.1 Å². The van der Waals surface area contributed by atoms with E-state index in [-0.39, 0.29) is 11.6 Å². The normalized spacial score (nSPS) is 13.7. The summed E-state index contributed by atoms with van der Waals surface area (Å²) in [6, 6.07) is 12.6. The Balaban J connectivity index is 1.68. The number of alkyl halides is 2. The third-order valence-electron chi connectivity index (χ3n) is 3.44. The number of hydrogen-bond acceptors (Lipinski definition) is 1. The molecule has 2 rings (SSSR count). The quantitative estimate of drug-likeness (QED) is 0.551. The second-order valence-electron chi connectivity index (χ2n) is 5.29. The lowest BCUT2D eigenvalue weighted by Crippen LogP contribution is -2.14. The van der Waals surface area contributed by atoms with Crippen LogP contribution < -0.4 is 0 Å². The predicted octanol–water partition coefficient (Wildman–Crippen LogP) is 5.68. The SMILES string of the molecule is Fc1ccc(CCC(Cl)OC(Cl)CCc2ccc(F)cc2)cc1. The Labute approximate surface area is 145 Å². The van der Waals surface area contributed by atoms with Gasteiger partial charge < -0.3 is 4.74 Å². The number of aryl methyl sites for hydroxylation is 2. The van der Waals surface area contributed by atoms with Crippen LogP contribution in [0.4, 0.5) is 8.78 Å². The van der Waals surface area contributed by atoms with Crippen molar-refractivity contribution < 1.29 is 13.5 Å². The predicted molar refractivity (Wildman–Crippen MR) is 89.8 cm³/mol. The maximum Gasteiger partial charge on any atom is 0.133 e. The van der Waals surface area contributed by atoms with E-state index in [9.17, 15) is 8.78 Å². The first kappa shape index (κ1) is 18.2. The van der Waals surface area contributed by atoms with E-state index >= 15 is 0 Å². The number of halogens is 4. The Morgan fingerprint density at radius 1 is 0.696 bits per heavy atom. The average molecular weight is 359 g/mol. The van der Waals surface area contributed by atoms with Gasteiger partial charge in [0.2, 0.25) is 0 Å². The molecule has 0 N–H and O–H groups in total. The number of ether oxygens (including phenoxy) is 1. The molecule has 0 aliphatic heterocycles. The van der Waals surface area contributed by atoms with Gasteiger partial charge in [-0.15, -0.1) is 0 Å². The molecule has 0 bridgehead atoms. The van der Waals surface area contributed by atoms with Crippen LogP contribution in [0, 0.1) is 11.6 Å². The molecule has 23 heavy (non-hydrogen) atoms. The molecule has 0 fully saturated rings. The third-order valence-corrected chi connectivity index (χ3v) is 4.08. The highest BCUT2D eigenvalue weighted by molar-refractivity contribution is 6.21. The van der Waals surface area contributed by atoms with Gasteiger partial charge in [0.25, 0.3) is 0 Å². The van der Waals surface area contributed by atoms with E-state index in [1.807, 2.05) is 0 Å². The molecule has 124 valence electrons. The van der Waals surface area contributed by atoms with Gasteiger partial charge in [0.1, 0.15) is 22.8 Å². The molecule has 1 nitrogen and oxygen atoms in total. The summed E-state index contributed by atoms with van der Waals surface area (Å²) in [5.41, 5.74) is 0.989. The van der Waals surface area contributed by atoms with Gasteiger partial charge >= 0.3 is 0 Å². The summed E-state index contributed by atoms with van der Waals surface area (Å²) in [6.45, 7) is 0. The first-order valence-corrected chi connectivity index (χ1v) is 8.33. The first-order valence-electron chi connectivity index (χ1n) is 7.45. The van der Waals surface area contributed by atoms with Crippen LogP contribution >= 0.6 is 23.2 Å². The molecule has 2 aromatic carbocycles. The highest BCUT2D eigenvalue weighted by atomic mass is 35.5. The van der Waals surface area contributed by atoms with Crippen molar-refractivity contribution in [2.45, 2.75) is 36.8 Å². The van der Waals surface area contributed by atoms with Gasteiger partial charge in [-0.05, 0) is 61.1 Å². The van der Waals surface area contributed by atoms with E-state index in [1.165, 1.54) is 24.3 Å². The van der Waals surface area contributed by atoms with Crippen molar-refractivity contribution in [1.82, 2.24) is 0 Å². The Bertz CT molecular complexity index is 533. The molecule has 0 heterocycles. The summed E-state index contributed by atoms with van der Waals surface area (Å²) in [7, 11) is 0. The Morgan fingerprint density at radius 3 is 1.39 bits per heavy atom. The van der Waals surface area contributed by atoms with Crippen molar-refractivity contribution >= 4 is 23.2 Å². The average Bonchev–Trinajstić information content (AvgIpc) is 2.54. The van der Waals surface area contributed by atoms with E-state index in [4.69, 9.17) is 27.9 Å². The van der Waals surface area contributed by atoms with Gasteiger partial charge in [0.15, 0.2) is 0 Å².